The number of likely N-dealkylation sites (tertiary alicyclic amines) is 1. The highest BCUT2D eigenvalue weighted by molar-refractivity contribution is 7.07. The SMILES string of the molecule is COc1cccc(Oc2cncc(C3CCCN(C(=O)c4cscn4)C3)n2)c1. The largest absolute Gasteiger partial charge is 0.497 e. The minimum Gasteiger partial charge on any atom is -0.497 e. The summed E-state index contributed by atoms with van der Waals surface area (Å²) in [7, 11) is 1.61. The van der Waals surface area contributed by atoms with Crippen LogP contribution < -0.4 is 9.47 Å². The highest BCUT2D eigenvalue weighted by Crippen LogP contribution is 2.29. The first-order valence-corrected chi connectivity index (χ1v) is 9.98. The number of piperidine rings is 1. The zero-order chi connectivity index (χ0) is 19.3. The van der Waals surface area contributed by atoms with Gasteiger partial charge in [-0.05, 0) is 25.0 Å². The number of thiazole rings is 1. The summed E-state index contributed by atoms with van der Waals surface area (Å²) in [4.78, 5) is 27.5. The summed E-state index contributed by atoms with van der Waals surface area (Å²) in [6.45, 7) is 1.34. The Morgan fingerprint density at radius 2 is 2.18 bits per heavy atom. The minimum absolute atomic E-state index is 0.0253. The number of aromatic nitrogens is 3. The van der Waals surface area contributed by atoms with E-state index in [2.05, 4.69) is 15.0 Å². The first kappa shape index (κ1) is 18.4. The lowest BCUT2D eigenvalue weighted by atomic mass is 9.95. The van der Waals surface area contributed by atoms with E-state index in [9.17, 15) is 4.79 Å². The third-order valence-corrected chi connectivity index (χ3v) is 5.26. The van der Waals surface area contributed by atoms with Crippen LogP contribution in [0.1, 0.15) is 34.9 Å². The van der Waals surface area contributed by atoms with E-state index < -0.39 is 0 Å². The van der Waals surface area contributed by atoms with Gasteiger partial charge in [-0.1, -0.05) is 6.07 Å². The third-order valence-electron chi connectivity index (χ3n) is 4.67. The molecule has 1 fully saturated rings. The van der Waals surface area contributed by atoms with E-state index in [0.717, 1.165) is 25.1 Å². The van der Waals surface area contributed by atoms with Crippen molar-refractivity contribution in [2.24, 2.45) is 0 Å². The van der Waals surface area contributed by atoms with Gasteiger partial charge in [0, 0.05) is 36.7 Å². The maximum absolute atomic E-state index is 12.6. The highest BCUT2D eigenvalue weighted by Gasteiger charge is 2.27. The number of rotatable bonds is 5. The van der Waals surface area contributed by atoms with Crippen LogP contribution in [0, 0.1) is 0 Å². The Kier molecular flexibility index (Phi) is 5.48. The van der Waals surface area contributed by atoms with Gasteiger partial charge in [0.15, 0.2) is 0 Å². The van der Waals surface area contributed by atoms with Gasteiger partial charge in [-0.2, -0.15) is 0 Å². The van der Waals surface area contributed by atoms with Gasteiger partial charge in [0.2, 0.25) is 5.88 Å². The van der Waals surface area contributed by atoms with Crippen molar-refractivity contribution < 1.29 is 14.3 Å². The Morgan fingerprint density at radius 1 is 1.29 bits per heavy atom. The molecular formula is C20H20N4O3S. The van der Waals surface area contributed by atoms with Crippen LogP contribution in [0.15, 0.2) is 47.5 Å². The van der Waals surface area contributed by atoms with Gasteiger partial charge >= 0.3 is 0 Å². The fourth-order valence-corrected chi connectivity index (χ4v) is 3.80. The number of hydrogen-bond acceptors (Lipinski definition) is 7. The van der Waals surface area contributed by atoms with Crippen LogP contribution in [0.4, 0.5) is 0 Å². The minimum atomic E-state index is -0.0253. The summed E-state index contributed by atoms with van der Waals surface area (Å²) in [6.07, 6.45) is 5.21. The number of ether oxygens (including phenoxy) is 2. The second kappa shape index (κ2) is 8.35. The molecule has 0 N–H and O–H groups in total. The molecule has 4 rings (SSSR count). The molecule has 0 radical (unpaired) electrons. The molecule has 0 bridgehead atoms. The van der Waals surface area contributed by atoms with Crippen molar-refractivity contribution >= 4 is 17.2 Å². The molecule has 0 saturated carbocycles. The lowest BCUT2D eigenvalue weighted by Crippen LogP contribution is -2.39. The van der Waals surface area contributed by atoms with E-state index in [1.807, 2.05) is 23.1 Å². The molecule has 1 amide bonds. The molecule has 1 aromatic carbocycles. The van der Waals surface area contributed by atoms with Crippen molar-refractivity contribution in [3.63, 3.8) is 0 Å². The standard InChI is InChI=1S/C20H20N4O3S/c1-26-15-5-2-6-16(8-15)27-19-10-21-9-17(23-19)14-4-3-7-24(11-14)20(25)18-12-28-13-22-18/h2,5-6,8-10,12-14H,3-4,7,11H2,1H3. The maximum Gasteiger partial charge on any atom is 0.273 e. The van der Waals surface area contributed by atoms with Crippen molar-refractivity contribution in [2.45, 2.75) is 18.8 Å². The van der Waals surface area contributed by atoms with E-state index >= 15 is 0 Å². The molecule has 1 saturated heterocycles. The number of carbonyl (C=O) groups is 1. The van der Waals surface area contributed by atoms with Gasteiger partial charge in [0.1, 0.15) is 17.2 Å². The molecule has 1 unspecified atom stereocenters. The molecule has 2 aromatic heterocycles. The zero-order valence-corrected chi connectivity index (χ0v) is 16.3. The molecule has 0 spiro atoms. The van der Waals surface area contributed by atoms with Gasteiger partial charge in [-0.15, -0.1) is 11.3 Å². The molecule has 28 heavy (non-hydrogen) atoms. The molecular weight excluding hydrogens is 376 g/mol. The lowest BCUT2D eigenvalue weighted by molar-refractivity contribution is 0.0700. The van der Waals surface area contributed by atoms with Crippen molar-refractivity contribution in [1.29, 1.82) is 0 Å². The van der Waals surface area contributed by atoms with Crippen LogP contribution in [-0.2, 0) is 0 Å². The predicted molar refractivity (Wildman–Crippen MR) is 105 cm³/mol. The summed E-state index contributed by atoms with van der Waals surface area (Å²) in [5.41, 5.74) is 3.02. The summed E-state index contributed by atoms with van der Waals surface area (Å²) in [5.74, 6) is 1.87. The van der Waals surface area contributed by atoms with E-state index in [1.165, 1.54) is 11.3 Å². The molecule has 3 heterocycles. The summed E-state index contributed by atoms with van der Waals surface area (Å²) in [6, 6.07) is 7.34. The first-order valence-electron chi connectivity index (χ1n) is 9.04. The van der Waals surface area contributed by atoms with E-state index in [4.69, 9.17) is 9.47 Å². The van der Waals surface area contributed by atoms with Crippen molar-refractivity contribution in [1.82, 2.24) is 19.9 Å². The van der Waals surface area contributed by atoms with Crippen LogP contribution in [0.25, 0.3) is 0 Å². The highest BCUT2D eigenvalue weighted by atomic mass is 32.1. The number of methoxy groups -OCH3 is 1. The summed E-state index contributed by atoms with van der Waals surface area (Å²) < 4.78 is 11.1. The van der Waals surface area contributed by atoms with Gasteiger partial charge in [-0.25, -0.2) is 9.97 Å². The molecule has 1 aliphatic rings. The molecule has 0 aliphatic carbocycles. The van der Waals surface area contributed by atoms with E-state index in [-0.39, 0.29) is 11.8 Å². The third kappa shape index (κ3) is 4.12. The van der Waals surface area contributed by atoms with Gasteiger partial charge in [0.25, 0.3) is 5.91 Å². The van der Waals surface area contributed by atoms with Crippen LogP contribution in [0.3, 0.4) is 0 Å². The van der Waals surface area contributed by atoms with Gasteiger partial charge < -0.3 is 14.4 Å². The van der Waals surface area contributed by atoms with Crippen molar-refractivity contribution in [3.8, 4) is 17.4 Å². The van der Waals surface area contributed by atoms with Crippen LogP contribution in [-0.4, -0.2) is 46.0 Å². The monoisotopic (exact) mass is 396 g/mol. The first-order chi connectivity index (χ1) is 13.7. The topological polar surface area (TPSA) is 77.4 Å². The van der Waals surface area contributed by atoms with Gasteiger partial charge in [-0.3, -0.25) is 9.78 Å². The molecule has 7 nitrogen and oxygen atoms in total. The number of carbonyl (C=O) groups excluding carboxylic acids is 1. The summed E-state index contributed by atoms with van der Waals surface area (Å²) >= 11 is 1.43. The molecule has 144 valence electrons. The Labute approximate surface area is 167 Å². The number of benzene rings is 1. The maximum atomic E-state index is 12.6. The fourth-order valence-electron chi connectivity index (χ4n) is 3.28. The second-order valence-corrected chi connectivity index (χ2v) is 7.25. The second-order valence-electron chi connectivity index (χ2n) is 6.53. The van der Waals surface area contributed by atoms with E-state index in [0.29, 0.717) is 29.6 Å². The molecule has 3 aromatic rings. The number of nitrogens with zero attached hydrogens (tertiary/aromatic N) is 4. The summed E-state index contributed by atoms with van der Waals surface area (Å²) in [5, 5.41) is 1.79. The number of hydrogen-bond donors (Lipinski definition) is 0. The van der Waals surface area contributed by atoms with Gasteiger partial charge in [0.05, 0.1) is 24.5 Å². The Bertz CT molecular complexity index is 948. The molecule has 1 atom stereocenters. The number of amides is 1. The predicted octanol–water partition coefficient (Wildman–Crippen LogP) is 3.75. The Morgan fingerprint density at radius 3 is 3.00 bits per heavy atom. The zero-order valence-electron chi connectivity index (χ0n) is 15.4. The van der Waals surface area contributed by atoms with Crippen LogP contribution in [0.5, 0.6) is 17.4 Å². The normalized spacial score (nSPS) is 16.6. The quantitative estimate of drug-likeness (QED) is 0.654. The van der Waals surface area contributed by atoms with Crippen molar-refractivity contribution in [2.75, 3.05) is 20.2 Å². The Hall–Kier alpha value is -3.00. The van der Waals surface area contributed by atoms with Crippen molar-refractivity contribution in [3.05, 3.63) is 58.9 Å². The smallest absolute Gasteiger partial charge is 0.273 e. The van der Waals surface area contributed by atoms with Crippen LogP contribution in [0.2, 0.25) is 0 Å². The van der Waals surface area contributed by atoms with E-state index in [1.54, 1.807) is 36.5 Å². The molecule has 1 aliphatic heterocycles. The fraction of sp³-hybridized carbons (Fsp3) is 0.300. The lowest BCUT2D eigenvalue weighted by Gasteiger charge is -2.32. The Balaban J connectivity index is 1.48. The molecule has 8 heteroatoms. The van der Waals surface area contributed by atoms with Crippen LogP contribution >= 0.6 is 11.3 Å². The average molecular weight is 396 g/mol. The average Bonchev–Trinajstić information content (AvgIpc) is 3.28.